The van der Waals surface area contributed by atoms with Gasteiger partial charge in [-0.25, -0.2) is 8.42 Å². The van der Waals surface area contributed by atoms with Gasteiger partial charge < -0.3 is 5.32 Å². The highest BCUT2D eigenvalue weighted by Gasteiger charge is 2.14. The molecule has 0 fully saturated rings. The molecule has 0 atom stereocenters. The molecule has 0 aliphatic heterocycles. The molecule has 7 heteroatoms. The highest BCUT2D eigenvalue weighted by atomic mass is 35.5. The molecule has 0 saturated heterocycles. The average Bonchev–Trinajstić information content (AvgIpc) is 2.59. The van der Waals surface area contributed by atoms with E-state index in [1.807, 2.05) is 0 Å². The lowest BCUT2D eigenvalue weighted by Gasteiger charge is -2.09. The summed E-state index contributed by atoms with van der Waals surface area (Å²) in [6.45, 7) is 2.74. The zero-order chi connectivity index (χ0) is 18.3. The van der Waals surface area contributed by atoms with E-state index in [4.69, 9.17) is 11.6 Å². The first-order valence-corrected chi connectivity index (χ1v) is 9.95. The number of rotatable bonds is 8. The number of sulfonamides is 1. The second-order valence-corrected chi connectivity index (χ2v) is 7.72. The maximum atomic E-state index is 12.3. The topological polar surface area (TPSA) is 75.3 Å². The van der Waals surface area contributed by atoms with E-state index in [1.165, 1.54) is 24.3 Å². The van der Waals surface area contributed by atoms with Crippen LogP contribution in [0.4, 0.5) is 5.69 Å². The van der Waals surface area contributed by atoms with Crippen LogP contribution in [-0.4, -0.2) is 20.9 Å². The Kier molecular flexibility index (Phi) is 6.84. The minimum absolute atomic E-state index is 0.120. The summed E-state index contributed by atoms with van der Waals surface area (Å²) in [7, 11) is -3.69. The molecule has 0 unspecified atom stereocenters. The maximum absolute atomic E-state index is 12.3. The summed E-state index contributed by atoms with van der Waals surface area (Å²) >= 11 is 5.77. The Morgan fingerprint density at radius 3 is 2.24 bits per heavy atom. The SMILES string of the molecule is CCCCCNC(=O)c1ccc(NS(=O)(=O)c2ccc(Cl)cc2)cc1. The molecule has 5 nitrogen and oxygen atoms in total. The van der Waals surface area contributed by atoms with E-state index in [-0.39, 0.29) is 10.8 Å². The molecule has 0 aromatic heterocycles. The largest absolute Gasteiger partial charge is 0.352 e. The van der Waals surface area contributed by atoms with E-state index < -0.39 is 10.0 Å². The number of anilines is 1. The van der Waals surface area contributed by atoms with Gasteiger partial charge in [0.2, 0.25) is 0 Å². The zero-order valence-electron chi connectivity index (χ0n) is 14.0. The van der Waals surface area contributed by atoms with Crippen molar-refractivity contribution in [3.8, 4) is 0 Å². The third-order valence-corrected chi connectivity index (χ3v) is 5.24. The first kappa shape index (κ1) is 19.3. The lowest BCUT2D eigenvalue weighted by molar-refractivity contribution is 0.0953. The number of nitrogens with one attached hydrogen (secondary N) is 2. The predicted molar refractivity (Wildman–Crippen MR) is 101 cm³/mol. The Labute approximate surface area is 153 Å². The summed E-state index contributed by atoms with van der Waals surface area (Å²) in [4.78, 5) is 12.1. The fraction of sp³-hybridized carbons (Fsp3) is 0.278. The van der Waals surface area contributed by atoms with Crippen molar-refractivity contribution >= 4 is 33.2 Å². The van der Waals surface area contributed by atoms with Crippen molar-refractivity contribution in [3.05, 3.63) is 59.1 Å². The molecule has 134 valence electrons. The van der Waals surface area contributed by atoms with E-state index in [1.54, 1.807) is 24.3 Å². The quantitative estimate of drug-likeness (QED) is 0.678. The summed E-state index contributed by atoms with van der Waals surface area (Å²) < 4.78 is 27.1. The molecule has 2 aromatic rings. The van der Waals surface area contributed by atoms with E-state index in [9.17, 15) is 13.2 Å². The molecule has 0 saturated carbocycles. The first-order chi connectivity index (χ1) is 11.9. The number of carbonyl (C=O) groups excluding carboxylic acids is 1. The van der Waals surface area contributed by atoms with Crippen LogP contribution >= 0.6 is 11.6 Å². The number of hydrogen-bond donors (Lipinski definition) is 2. The number of unbranched alkanes of at least 4 members (excludes halogenated alkanes) is 2. The molecule has 25 heavy (non-hydrogen) atoms. The van der Waals surface area contributed by atoms with E-state index in [0.717, 1.165) is 19.3 Å². The minimum Gasteiger partial charge on any atom is -0.352 e. The van der Waals surface area contributed by atoms with Gasteiger partial charge in [0.05, 0.1) is 4.90 Å². The van der Waals surface area contributed by atoms with Crippen molar-refractivity contribution in [2.75, 3.05) is 11.3 Å². The minimum atomic E-state index is -3.69. The standard InChI is InChI=1S/C18H21ClN2O3S/c1-2-3-4-13-20-18(22)14-5-9-16(10-6-14)21-25(23,24)17-11-7-15(19)8-12-17/h5-12,21H,2-4,13H2,1H3,(H,20,22). The van der Waals surface area contributed by atoms with Gasteiger partial charge in [-0.15, -0.1) is 0 Å². The van der Waals surface area contributed by atoms with Crippen LogP contribution in [0.25, 0.3) is 0 Å². The van der Waals surface area contributed by atoms with Gasteiger partial charge in [-0.3, -0.25) is 9.52 Å². The fourth-order valence-electron chi connectivity index (χ4n) is 2.20. The summed E-state index contributed by atoms with van der Waals surface area (Å²) in [5.74, 6) is -0.164. The van der Waals surface area contributed by atoms with Crippen LogP contribution in [0.3, 0.4) is 0 Å². The molecule has 2 aromatic carbocycles. The normalized spacial score (nSPS) is 11.1. The monoisotopic (exact) mass is 380 g/mol. The summed E-state index contributed by atoms with van der Waals surface area (Å²) in [6, 6.07) is 12.2. The predicted octanol–water partition coefficient (Wildman–Crippen LogP) is 4.06. The lowest BCUT2D eigenvalue weighted by Crippen LogP contribution is -2.24. The molecule has 0 heterocycles. The highest BCUT2D eigenvalue weighted by molar-refractivity contribution is 7.92. The van der Waals surface area contributed by atoms with E-state index >= 15 is 0 Å². The second-order valence-electron chi connectivity index (χ2n) is 5.60. The number of halogens is 1. The molecule has 0 aliphatic rings. The number of hydrogen-bond acceptors (Lipinski definition) is 3. The van der Waals surface area contributed by atoms with Crippen LogP contribution in [0.5, 0.6) is 0 Å². The smallest absolute Gasteiger partial charge is 0.261 e. The van der Waals surface area contributed by atoms with E-state index in [2.05, 4.69) is 17.0 Å². The highest BCUT2D eigenvalue weighted by Crippen LogP contribution is 2.18. The molecule has 2 rings (SSSR count). The molecular weight excluding hydrogens is 360 g/mol. The lowest BCUT2D eigenvalue weighted by atomic mass is 10.2. The molecule has 0 radical (unpaired) electrons. The Balaban J connectivity index is 2.00. The van der Waals surface area contributed by atoms with E-state index in [0.29, 0.717) is 22.8 Å². The number of carbonyl (C=O) groups is 1. The molecule has 0 aliphatic carbocycles. The second kappa shape index (κ2) is 8.87. The maximum Gasteiger partial charge on any atom is 0.261 e. The van der Waals surface area contributed by atoms with Crippen molar-refractivity contribution in [3.63, 3.8) is 0 Å². The van der Waals surface area contributed by atoms with Gasteiger partial charge in [-0.2, -0.15) is 0 Å². The van der Waals surface area contributed by atoms with Gasteiger partial charge >= 0.3 is 0 Å². The molecule has 1 amide bonds. The molecule has 0 spiro atoms. The first-order valence-electron chi connectivity index (χ1n) is 8.09. The zero-order valence-corrected chi connectivity index (χ0v) is 15.5. The van der Waals surface area contributed by atoms with Crippen LogP contribution in [-0.2, 0) is 10.0 Å². The van der Waals surface area contributed by atoms with Crippen molar-refractivity contribution in [1.82, 2.24) is 5.32 Å². The van der Waals surface area contributed by atoms with Crippen molar-refractivity contribution in [1.29, 1.82) is 0 Å². The Bertz CT molecular complexity index is 803. The van der Waals surface area contributed by atoms with Crippen LogP contribution in [0.1, 0.15) is 36.5 Å². The van der Waals surface area contributed by atoms with Gasteiger partial charge in [0.25, 0.3) is 15.9 Å². The average molecular weight is 381 g/mol. The van der Waals surface area contributed by atoms with Gasteiger partial charge in [-0.1, -0.05) is 31.4 Å². The Morgan fingerprint density at radius 2 is 1.64 bits per heavy atom. The summed E-state index contributed by atoms with van der Waals surface area (Å²) in [5, 5.41) is 3.31. The molecule has 0 bridgehead atoms. The van der Waals surface area contributed by atoms with Crippen molar-refractivity contribution < 1.29 is 13.2 Å². The van der Waals surface area contributed by atoms with Crippen molar-refractivity contribution in [2.24, 2.45) is 0 Å². The molecular formula is C18H21ClN2O3S. The van der Waals surface area contributed by atoms with Crippen LogP contribution in [0.2, 0.25) is 5.02 Å². The van der Waals surface area contributed by atoms with Crippen LogP contribution < -0.4 is 10.0 Å². The number of amides is 1. The Morgan fingerprint density at radius 1 is 1.00 bits per heavy atom. The fourth-order valence-corrected chi connectivity index (χ4v) is 3.38. The summed E-state index contributed by atoms with van der Waals surface area (Å²) in [5.41, 5.74) is 0.878. The van der Waals surface area contributed by atoms with Crippen molar-refractivity contribution in [2.45, 2.75) is 31.1 Å². The van der Waals surface area contributed by atoms with Gasteiger partial charge in [0, 0.05) is 22.8 Å². The third-order valence-electron chi connectivity index (χ3n) is 3.59. The summed E-state index contributed by atoms with van der Waals surface area (Å²) in [6.07, 6.45) is 3.12. The Hall–Kier alpha value is -2.05. The number of benzene rings is 2. The molecule has 2 N–H and O–H groups in total. The van der Waals surface area contributed by atoms with Gasteiger partial charge in [0.15, 0.2) is 0 Å². The van der Waals surface area contributed by atoms with Crippen LogP contribution in [0, 0.1) is 0 Å². The van der Waals surface area contributed by atoms with Crippen LogP contribution in [0.15, 0.2) is 53.4 Å². The van der Waals surface area contributed by atoms with Gasteiger partial charge in [-0.05, 0) is 55.0 Å². The van der Waals surface area contributed by atoms with Gasteiger partial charge in [0.1, 0.15) is 0 Å². The third kappa shape index (κ3) is 5.76.